The zero-order chi connectivity index (χ0) is 13.1. The number of ether oxygens (including phenoxy) is 1. The van der Waals surface area contributed by atoms with E-state index in [4.69, 9.17) is 4.74 Å². The number of hydrogen-bond donors (Lipinski definition) is 0. The van der Waals surface area contributed by atoms with Gasteiger partial charge in [-0.3, -0.25) is 4.79 Å². The molecule has 1 aromatic carbocycles. The van der Waals surface area contributed by atoms with Crippen LogP contribution in [0.15, 0.2) is 18.2 Å². The van der Waals surface area contributed by atoms with Crippen molar-refractivity contribution in [2.45, 2.75) is 46.1 Å². The second-order valence-electron chi connectivity index (χ2n) is 5.29. The lowest BCUT2D eigenvalue weighted by Gasteiger charge is -2.16. The highest BCUT2D eigenvalue weighted by atomic mass is 16.5. The lowest BCUT2D eigenvalue weighted by atomic mass is 9.89. The number of ketones is 1. The molecular weight excluding hydrogens is 224 g/mol. The molecule has 0 saturated carbocycles. The van der Waals surface area contributed by atoms with E-state index in [-0.39, 0.29) is 12.0 Å². The average molecular weight is 246 g/mol. The van der Waals surface area contributed by atoms with E-state index in [0.29, 0.717) is 12.2 Å². The van der Waals surface area contributed by atoms with Crippen molar-refractivity contribution in [3.63, 3.8) is 0 Å². The Morgan fingerprint density at radius 3 is 2.89 bits per heavy atom. The second-order valence-corrected chi connectivity index (χ2v) is 5.29. The van der Waals surface area contributed by atoms with Gasteiger partial charge in [0.05, 0.1) is 6.10 Å². The van der Waals surface area contributed by atoms with E-state index in [1.165, 1.54) is 16.7 Å². The molecule has 0 aromatic heterocycles. The van der Waals surface area contributed by atoms with Gasteiger partial charge in [0.25, 0.3) is 0 Å². The van der Waals surface area contributed by atoms with E-state index in [1.807, 2.05) is 0 Å². The van der Waals surface area contributed by atoms with Crippen LogP contribution in [-0.2, 0) is 16.0 Å². The summed E-state index contributed by atoms with van der Waals surface area (Å²) in [5.41, 5.74) is 3.60. The summed E-state index contributed by atoms with van der Waals surface area (Å²) in [6, 6.07) is 6.32. The molecule has 18 heavy (non-hydrogen) atoms. The van der Waals surface area contributed by atoms with Gasteiger partial charge in [0.15, 0.2) is 0 Å². The number of Topliss-reactive ketones (excluding diaryl/α,β-unsaturated/α-hetero) is 1. The molecule has 0 bridgehead atoms. The SMILES string of the molecule is CCC1OCCC1C(=O)Cc1cc(C)ccc1C. The van der Waals surface area contributed by atoms with Gasteiger partial charge in [-0.2, -0.15) is 0 Å². The number of rotatable bonds is 4. The van der Waals surface area contributed by atoms with Gasteiger partial charge in [-0.15, -0.1) is 0 Å². The molecule has 1 aliphatic rings. The van der Waals surface area contributed by atoms with Crippen molar-refractivity contribution in [3.8, 4) is 0 Å². The van der Waals surface area contributed by atoms with Crippen molar-refractivity contribution >= 4 is 5.78 Å². The van der Waals surface area contributed by atoms with Gasteiger partial charge >= 0.3 is 0 Å². The zero-order valence-electron chi connectivity index (χ0n) is 11.5. The smallest absolute Gasteiger partial charge is 0.143 e. The molecule has 0 spiro atoms. The maximum Gasteiger partial charge on any atom is 0.143 e. The molecular formula is C16H22O2. The van der Waals surface area contributed by atoms with Crippen LogP contribution >= 0.6 is 0 Å². The molecule has 1 aromatic rings. The van der Waals surface area contributed by atoms with E-state index in [1.54, 1.807) is 0 Å². The van der Waals surface area contributed by atoms with Crippen LogP contribution in [0.5, 0.6) is 0 Å². The first-order valence-electron chi connectivity index (χ1n) is 6.82. The van der Waals surface area contributed by atoms with Crippen LogP contribution in [0.4, 0.5) is 0 Å². The fraction of sp³-hybridized carbons (Fsp3) is 0.562. The highest BCUT2D eigenvalue weighted by Crippen LogP contribution is 2.26. The Bertz CT molecular complexity index is 437. The molecule has 0 aliphatic carbocycles. The second kappa shape index (κ2) is 5.66. The summed E-state index contributed by atoms with van der Waals surface area (Å²) in [4.78, 5) is 12.4. The number of hydrogen-bond acceptors (Lipinski definition) is 2. The summed E-state index contributed by atoms with van der Waals surface area (Å²) >= 11 is 0. The molecule has 1 saturated heterocycles. The zero-order valence-corrected chi connectivity index (χ0v) is 11.5. The fourth-order valence-corrected chi connectivity index (χ4v) is 2.73. The third-order valence-electron chi connectivity index (χ3n) is 3.89. The van der Waals surface area contributed by atoms with Crippen molar-refractivity contribution in [2.24, 2.45) is 5.92 Å². The van der Waals surface area contributed by atoms with E-state index in [0.717, 1.165) is 19.4 Å². The number of aryl methyl sites for hydroxylation is 2. The lowest BCUT2D eigenvalue weighted by Crippen LogP contribution is -2.25. The Balaban J connectivity index is 2.09. The molecule has 0 amide bonds. The van der Waals surface area contributed by atoms with Crippen molar-refractivity contribution in [2.75, 3.05) is 6.61 Å². The fourth-order valence-electron chi connectivity index (χ4n) is 2.73. The monoisotopic (exact) mass is 246 g/mol. The Morgan fingerprint density at radius 1 is 1.39 bits per heavy atom. The van der Waals surface area contributed by atoms with Crippen LogP contribution in [0.1, 0.15) is 36.5 Å². The first kappa shape index (κ1) is 13.3. The van der Waals surface area contributed by atoms with Gasteiger partial charge in [-0.1, -0.05) is 30.7 Å². The summed E-state index contributed by atoms with van der Waals surface area (Å²) in [7, 11) is 0. The van der Waals surface area contributed by atoms with Gasteiger partial charge in [-0.05, 0) is 37.8 Å². The molecule has 1 aliphatic heterocycles. The summed E-state index contributed by atoms with van der Waals surface area (Å²) in [6.07, 6.45) is 2.52. The Kier molecular flexibility index (Phi) is 4.18. The maximum absolute atomic E-state index is 12.4. The van der Waals surface area contributed by atoms with Gasteiger partial charge in [-0.25, -0.2) is 0 Å². The third kappa shape index (κ3) is 2.81. The molecule has 2 unspecified atom stereocenters. The van der Waals surface area contributed by atoms with Crippen LogP contribution in [0.3, 0.4) is 0 Å². The van der Waals surface area contributed by atoms with E-state index in [2.05, 4.69) is 39.0 Å². The average Bonchev–Trinajstić information content (AvgIpc) is 2.82. The quantitative estimate of drug-likeness (QED) is 0.815. The van der Waals surface area contributed by atoms with Crippen LogP contribution in [0, 0.1) is 19.8 Å². The molecule has 1 fully saturated rings. The van der Waals surface area contributed by atoms with E-state index in [9.17, 15) is 4.79 Å². The van der Waals surface area contributed by atoms with Crippen molar-refractivity contribution in [3.05, 3.63) is 34.9 Å². The molecule has 2 heteroatoms. The van der Waals surface area contributed by atoms with Crippen molar-refractivity contribution < 1.29 is 9.53 Å². The molecule has 0 radical (unpaired) electrons. The minimum Gasteiger partial charge on any atom is -0.377 e. The Labute approximate surface area is 109 Å². The highest BCUT2D eigenvalue weighted by molar-refractivity contribution is 5.84. The Morgan fingerprint density at radius 2 is 2.17 bits per heavy atom. The van der Waals surface area contributed by atoms with Gasteiger partial charge in [0, 0.05) is 18.9 Å². The minimum absolute atomic E-state index is 0.106. The third-order valence-corrected chi connectivity index (χ3v) is 3.89. The van der Waals surface area contributed by atoms with Crippen LogP contribution in [0.2, 0.25) is 0 Å². The van der Waals surface area contributed by atoms with Gasteiger partial charge < -0.3 is 4.74 Å². The topological polar surface area (TPSA) is 26.3 Å². The molecule has 2 rings (SSSR count). The van der Waals surface area contributed by atoms with E-state index < -0.39 is 0 Å². The number of benzene rings is 1. The van der Waals surface area contributed by atoms with Crippen molar-refractivity contribution in [1.29, 1.82) is 0 Å². The normalized spacial score (nSPS) is 23.3. The summed E-state index contributed by atoms with van der Waals surface area (Å²) in [5.74, 6) is 0.447. The molecule has 0 N–H and O–H groups in total. The maximum atomic E-state index is 12.4. The van der Waals surface area contributed by atoms with Crippen LogP contribution < -0.4 is 0 Å². The summed E-state index contributed by atoms with van der Waals surface area (Å²) < 4.78 is 5.61. The largest absolute Gasteiger partial charge is 0.377 e. The van der Waals surface area contributed by atoms with Crippen LogP contribution in [0.25, 0.3) is 0 Å². The number of carbonyl (C=O) groups is 1. The molecule has 98 valence electrons. The predicted octanol–water partition coefficient (Wildman–Crippen LogP) is 3.23. The van der Waals surface area contributed by atoms with E-state index >= 15 is 0 Å². The summed E-state index contributed by atoms with van der Waals surface area (Å²) in [6.45, 7) is 6.97. The molecule has 2 nitrogen and oxygen atoms in total. The van der Waals surface area contributed by atoms with Crippen molar-refractivity contribution in [1.82, 2.24) is 0 Å². The first-order chi connectivity index (χ1) is 8.61. The van der Waals surface area contributed by atoms with Gasteiger partial charge in [0.2, 0.25) is 0 Å². The number of carbonyl (C=O) groups excluding carboxylic acids is 1. The summed E-state index contributed by atoms with van der Waals surface area (Å²) in [5, 5.41) is 0. The van der Waals surface area contributed by atoms with Gasteiger partial charge in [0.1, 0.15) is 5.78 Å². The molecule has 1 heterocycles. The Hall–Kier alpha value is -1.15. The lowest BCUT2D eigenvalue weighted by molar-refractivity contribution is -0.123. The highest BCUT2D eigenvalue weighted by Gasteiger charge is 2.32. The standard InChI is InChI=1S/C16H22O2/c1-4-16-14(7-8-18-16)15(17)10-13-9-11(2)5-6-12(13)3/h5-6,9,14,16H,4,7-8,10H2,1-3H3. The minimum atomic E-state index is 0.106. The van der Waals surface area contributed by atoms with Crippen LogP contribution in [-0.4, -0.2) is 18.5 Å². The first-order valence-corrected chi connectivity index (χ1v) is 6.82. The predicted molar refractivity (Wildman–Crippen MR) is 72.8 cm³/mol. The molecule has 2 atom stereocenters.